The van der Waals surface area contributed by atoms with Crippen LogP contribution in [-0.4, -0.2) is 13.0 Å². The molecule has 0 bridgehead atoms. The summed E-state index contributed by atoms with van der Waals surface area (Å²) in [5.41, 5.74) is 0.724. The van der Waals surface area contributed by atoms with Crippen molar-refractivity contribution in [1.29, 1.82) is 0 Å². The summed E-state index contributed by atoms with van der Waals surface area (Å²) in [6, 6.07) is 7.58. The summed E-state index contributed by atoms with van der Waals surface area (Å²) in [7, 11) is 1.62. The second kappa shape index (κ2) is 6.26. The lowest BCUT2D eigenvalue weighted by Crippen LogP contribution is -2.33. The number of para-hydroxylation sites is 1. The van der Waals surface area contributed by atoms with Crippen molar-refractivity contribution in [3.8, 4) is 5.75 Å². The Morgan fingerprint density at radius 3 is 3.00 bits per heavy atom. The van der Waals surface area contributed by atoms with E-state index in [1.54, 1.807) is 7.11 Å². The van der Waals surface area contributed by atoms with E-state index >= 15 is 0 Å². The Kier molecular flexibility index (Phi) is 4.18. The van der Waals surface area contributed by atoms with Crippen molar-refractivity contribution in [3.63, 3.8) is 0 Å². The molecule has 0 saturated heterocycles. The van der Waals surface area contributed by atoms with Crippen molar-refractivity contribution in [1.82, 2.24) is 5.32 Å². The highest BCUT2D eigenvalue weighted by molar-refractivity contribution is 5.84. The lowest BCUT2D eigenvalue weighted by Gasteiger charge is -2.19. The number of furan rings is 1. The molecular weight excluding hydrogens is 278 g/mol. The number of carbonyl (C=O) groups is 1. The molecule has 0 saturated carbocycles. The number of fused-ring (bicyclic) bond motifs is 1. The second-order valence-corrected chi connectivity index (χ2v) is 5.74. The van der Waals surface area contributed by atoms with Gasteiger partial charge in [-0.05, 0) is 38.3 Å². The van der Waals surface area contributed by atoms with E-state index in [0.29, 0.717) is 5.75 Å². The van der Waals surface area contributed by atoms with Crippen LogP contribution in [0.4, 0.5) is 0 Å². The Morgan fingerprint density at radius 1 is 1.41 bits per heavy atom. The topological polar surface area (TPSA) is 51.5 Å². The van der Waals surface area contributed by atoms with Gasteiger partial charge >= 0.3 is 0 Å². The van der Waals surface area contributed by atoms with Gasteiger partial charge in [-0.15, -0.1) is 0 Å². The minimum absolute atomic E-state index is 0.0753. The average Bonchev–Trinajstić information content (AvgIpc) is 2.99. The SMILES string of the molecule is COc1cccc2cc([C@@H](C)NC(=O)[C@@H]3CC=CCC3)oc12. The zero-order valence-corrected chi connectivity index (χ0v) is 13.0. The monoisotopic (exact) mass is 299 g/mol. The highest BCUT2D eigenvalue weighted by Crippen LogP contribution is 2.31. The Balaban J connectivity index is 1.75. The van der Waals surface area contributed by atoms with Gasteiger partial charge < -0.3 is 14.5 Å². The summed E-state index contributed by atoms with van der Waals surface area (Å²) in [4.78, 5) is 12.3. The van der Waals surface area contributed by atoms with E-state index in [0.717, 1.165) is 36.0 Å². The molecule has 0 aliphatic heterocycles. The molecule has 1 aromatic carbocycles. The number of hydrogen-bond donors (Lipinski definition) is 1. The normalized spacial score (nSPS) is 19.1. The zero-order valence-electron chi connectivity index (χ0n) is 13.0. The molecule has 116 valence electrons. The molecule has 3 rings (SSSR count). The van der Waals surface area contributed by atoms with Crippen LogP contribution in [-0.2, 0) is 4.79 Å². The molecule has 1 amide bonds. The number of nitrogens with one attached hydrogen (secondary N) is 1. The summed E-state index contributed by atoms with van der Waals surface area (Å²) < 4.78 is 11.2. The highest BCUT2D eigenvalue weighted by Gasteiger charge is 2.22. The van der Waals surface area contributed by atoms with Crippen LogP contribution in [0, 0.1) is 5.92 Å². The minimum Gasteiger partial charge on any atom is -0.493 e. The molecule has 2 aromatic rings. The van der Waals surface area contributed by atoms with Crippen LogP contribution in [0.3, 0.4) is 0 Å². The molecule has 1 aliphatic rings. The first-order chi connectivity index (χ1) is 10.7. The number of methoxy groups -OCH3 is 1. The van der Waals surface area contributed by atoms with Gasteiger partial charge in [0.2, 0.25) is 5.91 Å². The zero-order chi connectivity index (χ0) is 15.5. The van der Waals surface area contributed by atoms with E-state index in [-0.39, 0.29) is 17.9 Å². The third-order valence-corrected chi connectivity index (χ3v) is 4.17. The third kappa shape index (κ3) is 2.86. The summed E-state index contributed by atoms with van der Waals surface area (Å²) in [6.07, 6.45) is 6.95. The second-order valence-electron chi connectivity index (χ2n) is 5.74. The first-order valence-electron chi connectivity index (χ1n) is 7.71. The highest BCUT2D eigenvalue weighted by atomic mass is 16.5. The first kappa shape index (κ1) is 14.7. The molecule has 1 heterocycles. The largest absolute Gasteiger partial charge is 0.493 e. The molecular formula is C18H21NO3. The maximum Gasteiger partial charge on any atom is 0.224 e. The van der Waals surface area contributed by atoms with Gasteiger partial charge in [-0.1, -0.05) is 24.3 Å². The maximum atomic E-state index is 12.3. The van der Waals surface area contributed by atoms with Crippen molar-refractivity contribution >= 4 is 16.9 Å². The number of hydrogen-bond acceptors (Lipinski definition) is 3. The van der Waals surface area contributed by atoms with E-state index in [1.807, 2.05) is 31.2 Å². The van der Waals surface area contributed by atoms with Crippen LogP contribution in [0.15, 0.2) is 40.8 Å². The number of ether oxygens (including phenoxy) is 1. The van der Waals surface area contributed by atoms with Crippen LogP contribution in [0.1, 0.15) is 38.0 Å². The Hall–Kier alpha value is -2.23. The van der Waals surface area contributed by atoms with Gasteiger partial charge in [0.05, 0.1) is 13.2 Å². The molecule has 0 unspecified atom stereocenters. The number of benzene rings is 1. The van der Waals surface area contributed by atoms with Crippen LogP contribution in [0.25, 0.3) is 11.0 Å². The Labute approximate surface area is 130 Å². The fourth-order valence-corrected chi connectivity index (χ4v) is 2.86. The Morgan fingerprint density at radius 2 is 2.27 bits per heavy atom. The molecule has 4 nitrogen and oxygen atoms in total. The van der Waals surface area contributed by atoms with E-state index < -0.39 is 0 Å². The third-order valence-electron chi connectivity index (χ3n) is 4.17. The van der Waals surface area contributed by atoms with Crippen molar-refractivity contribution in [2.45, 2.75) is 32.2 Å². The van der Waals surface area contributed by atoms with E-state index in [9.17, 15) is 4.79 Å². The summed E-state index contributed by atoms with van der Waals surface area (Å²) in [5, 5.41) is 4.04. The number of amides is 1. The van der Waals surface area contributed by atoms with Gasteiger partial charge in [0.15, 0.2) is 11.3 Å². The maximum absolute atomic E-state index is 12.3. The molecule has 1 aliphatic carbocycles. The van der Waals surface area contributed by atoms with Crippen LogP contribution in [0.2, 0.25) is 0 Å². The molecule has 1 aromatic heterocycles. The summed E-state index contributed by atoms with van der Waals surface area (Å²) in [5.74, 6) is 1.63. The van der Waals surface area contributed by atoms with Gasteiger partial charge in [0.1, 0.15) is 5.76 Å². The van der Waals surface area contributed by atoms with Crippen molar-refractivity contribution in [2.75, 3.05) is 7.11 Å². The molecule has 22 heavy (non-hydrogen) atoms. The molecule has 4 heteroatoms. The minimum atomic E-state index is -0.157. The number of carbonyl (C=O) groups excluding carboxylic acids is 1. The van der Waals surface area contributed by atoms with Gasteiger partial charge in [0.25, 0.3) is 0 Å². The molecule has 0 spiro atoms. The first-order valence-corrected chi connectivity index (χ1v) is 7.71. The fraction of sp³-hybridized carbons (Fsp3) is 0.389. The lowest BCUT2D eigenvalue weighted by molar-refractivity contribution is -0.126. The van der Waals surface area contributed by atoms with E-state index in [1.165, 1.54) is 0 Å². The van der Waals surface area contributed by atoms with Gasteiger partial charge in [-0.2, -0.15) is 0 Å². The predicted molar refractivity (Wildman–Crippen MR) is 85.8 cm³/mol. The Bertz CT molecular complexity index is 701. The summed E-state index contributed by atoms with van der Waals surface area (Å²) >= 11 is 0. The smallest absolute Gasteiger partial charge is 0.224 e. The molecule has 0 radical (unpaired) electrons. The molecule has 1 N–H and O–H groups in total. The van der Waals surface area contributed by atoms with Crippen molar-refractivity contribution < 1.29 is 13.9 Å². The van der Waals surface area contributed by atoms with Gasteiger partial charge in [0, 0.05) is 11.3 Å². The van der Waals surface area contributed by atoms with Crippen LogP contribution >= 0.6 is 0 Å². The predicted octanol–water partition coefficient (Wildman–Crippen LogP) is 3.97. The van der Waals surface area contributed by atoms with Crippen LogP contribution < -0.4 is 10.1 Å². The van der Waals surface area contributed by atoms with Gasteiger partial charge in [-0.3, -0.25) is 4.79 Å². The molecule has 0 fully saturated rings. The van der Waals surface area contributed by atoms with Crippen molar-refractivity contribution in [2.24, 2.45) is 5.92 Å². The number of rotatable bonds is 4. The average molecular weight is 299 g/mol. The van der Waals surface area contributed by atoms with E-state index in [2.05, 4.69) is 17.5 Å². The quantitative estimate of drug-likeness (QED) is 0.869. The lowest BCUT2D eigenvalue weighted by atomic mass is 9.93. The summed E-state index contributed by atoms with van der Waals surface area (Å²) in [6.45, 7) is 1.95. The number of allylic oxidation sites excluding steroid dienone is 2. The fourth-order valence-electron chi connectivity index (χ4n) is 2.86. The molecule has 2 atom stereocenters. The standard InChI is InChI=1S/C18H21NO3/c1-12(19-18(20)13-7-4-3-5-8-13)16-11-14-9-6-10-15(21-2)17(14)22-16/h3-4,6,9-13H,5,7-8H2,1-2H3,(H,19,20)/t12-,13-/m1/s1. The van der Waals surface area contributed by atoms with Gasteiger partial charge in [-0.25, -0.2) is 0 Å². The van der Waals surface area contributed by atoms with E-state index in [4.69, 9.17) is 9.15 Å². The van der Waals surface area contributed by atoms with Crippen molar-refractivity contribution in [3.05, 3.63) is 42.2 Å². The van der Waals surface area contributed by atoms with Crippen LogP contribution in [0.5, 0.6) is 5.75 Å².